The maximum absolute atomic E-state index is 14.5. The minimum Gasteiger partial charge on any atom is -0.477 e. The van der Waals surface area contributed by atoms with Crippen LogP contribution >= 0.6 is 0 Å². The Morgan fingerprint density at radius 1 is 1.10 bits per heavy atom. The van der Waals surface area contributed by atoms with Crippen LogP contribution in [0.5, 0.6) is 0 Å². The molecule has 0 radical (unpaired) electrons. The third kappa shape index (κ3) is 3.29. The molecule has 2 aromatic carbocycles. The summed E-state index contributed by atoms with van der Waals surface area (Å²) in [4.78, 5) is 19.2. The first-order chi connectivity index (χ1) is 14.1. The summed E-state index contributed by atoms with van der Waals surface area (Å²) in [5.41, 5.74) is 4.27. The molecule has 144 valence electrons. The predicted molar refractivity (Wildman–Crippen MR) is 109 cm³/mol. The Morgan fingerprint density at radius 2 is 1.93 bits per heavy atom. The fraction of sp³-hybridized carbons (Fsp3) is 0.167. The van der Waals surface area contributed by atoms with Gasteiger partial charge in [0.2, 0.25) is 0 Å². The van der Waals surface area contributed by atoms with Gasteiger partial charge in [-0.25, -0.2) is 14.2 Å². The normalized spacial score (nSPS) is 14.8. The van der Waals surface area contributed by atoms with E-state index in [1.807, 2.05) is 36.5 Å². The van der Waals surface area contributed by atoms with Gasteiger partial charge in [-0.15, -0.1) is 0 Å². The van der Waals surface area contributed by atoms with E-state index in [1.165, 1.54) is 12.1 Å². The number of rotatable bonds is 5. The Balaban J connectivity index is 1.74. The van der Waals surface area contributed by atoms with Crippen molar-refractivity contribution >= 4 is 16.9 Å². The van der Waals surface area contributed by atoms with Gasteiger partial charge in [0.25, 0.3) is 0 Å². The Kier molecular flexibility index (Phi) is 4.16. The summed E-state index contributed by atoms with van der Waals surface area (Å²) in [7, 11) is 0. The monoisotopic (exact) mass is 386 g/mol. The van der Waals surface area contributed by atoms with E-state index in [0.29, 0.717) is 11.6 Å². The molecule has 1 aliphatic carbocycles. The molecule has 1 atom stereocenters. The second-order valence-electron chi connectivity index (χ2n) is 7.57. The van der Waals surface area contributed by atoms with Crippen molar-refractivity contribution in [2.75, 3.05) is 0 Å². The molecule has 0 amide bonds. The molecule has 2 heterocycles. The average molecular weight is 386 g/mol. The van der Waals surface area contributed by atoms with Crippen LogP contribution in [0.1, 0.15) is 57.6 Å². The highest BCUT2D eigenvalue weighted by molar-refractivity contribution is 5.86. The number of carboxylic acid groups (broad SMARTS) is 1. The number of aromatic nitrogens is 2. The summed E-state index contributed by atoms with van der Waals surface area (Å²) in [6.07, 6.45) is 4.06. The maximum Gasteiger partial charge on any atom is 0.354 e. The molecule has 2 aromatic heterocycles. The molecule has 0 bridgehead atoms. The molecule has 2 N–H and O–H groups in total. The van der Waals surface area contributed by atoms with Crippen LogP contribution in [0.3, 0.4) is 0 Å². The topological polar surface area (TPSA) is 66.0 Å². The van der Waals surface area contributed by atoms with Crippen LogP contribution in [-0.4, -0.2) is 21.0 Å². The second-order valence-corrected chi connectivity index (χ2v) is 7.57. The number of aromatic amines is 1. The van der Waals surface area contributed by atoms with Crippen molar-refractivity contribution in [3.8, 4) is 0 Å². The fourth-order valence-electron chi connectivity index (χ4n) is 4.03. The summed E-state index contributed by atoms with van der Waals surface area (Å²) in [6.45, 7) is 0. The number of hydrogen-bond acceptors (Lipinski definition) is 2. The Hall–Kier alpha value is -3.47. The molecule has 5 heteroatoms. The summed E-state index contributed by atoms with van der Waals surface area (Å²) in [5.74, 6) is -1.32. The summed E-state index contributed by atoms with van der Waals surface area (Å²) in [5, 5.41) is 10.4. The van der Waals surface area contributed by atoms with Crippen LogP contribution in [0.4, 0.5) is 4.39 Å². The summed E-state index contributed by atoms with van der Waals surface area (Å²) < 4.78 is 14.5. The highest BCUT2D eigenvalue weighted by Crippen LogP contribution is 2.43. The van der Waals surface area contributed by atoms with Crippen molar-refractivity contribution in [1.82, 2.24) is 9.97 Å². The second kappa shape index (κ2) is 6.85. The number of nitrogens with zero attached hydrogens (tertiary/aromatic N) is 1. The van der Waals surface area contributed by atoms with Gasteiger partial charge in [0.05, 0.1) is 11.6 Å². The summed E-state index contributed by atoms with van der Waals surface area (Å²) in [6, 6.07) is 18.1. The van der Waals surface area contributed by atoms with Crippen molar-refractivity contribution in [1.29, 1.82) is 0 Å². The molecule has 0 aliphatic heterocycles. The third-order valence-electron chi connectivity index (χ3n) is 5.54. The van der Waals surface area contributed by atoms with Gasteiger partial charge in [0.15, 0.2) is 0 Å². The van der Waals surface area contributed by atoms with Crippen LogP contribution in [0.25, 0.3) is 10.9 Å². The van der Waals surface area contributed by atoms with Crippen LogP contribution in [0, 0.1) is 5.82 Å². The smallest absolute Gasteiger partial charge is 0.354 e. The predicted octanol–water partition coefficient (Wildman–Crippen LogP) is 5.46. The van der Waals surface area contributed by atoms with E-state index in [4.69, 9.17) is 0 Å². The van der Waals surface area contributed by atoms with Gasteiger partial charge in [0, 0.05) is 17.1 Å². The van der Waals surface area contributed by atoms with Gasteiger partial charge in [-0.2, -0.15) is 0 Å². The van der Waals surface area contributed by atoms with Gasteiger partial charge >= 0.3 is 5.97 Å². The van der Waals surface area contributed by atoms with Crippen molar-refractivity contribution in [3.05, 3.63) is 101 Å². The van der Waals surface area contributed by atoms with E-state index < -0.39 is 5.97 Å². The third-order valence-corrected chi connectivity index (χ3v) is 5.54. The van der Waals surface area contributed by atoms with Crippen LogP contribution < -0.4 is 0 Å². The van der Waals surface area contributed by atoms with Crippen LogP contribution in [0.15, 0.2) is 66.9 Å². The van der Waals surface area contributed by atoms with Gasteiger partial charge in [-0.05, 0) is 65.8 Å². The van der Waals surface area contributed by atoms with E-state index >= 15 is 0 Å². The van der Waals surface area contributed by atoms with Crippen LogP contribution in [-0.2, 0) is 0 Å². The van der Waals surface area contributed by atoms with Gasteiger partial charge in [0.1, 0.15) is 11.5 Å². The first-order valence-electron chi connectivity index (χ1n) is 9.67. The first kappa shape index (κ1) is 17.6. The van der Waals surface area contributed by atoms with E-state index in [0.717, 1.165) is 40.4 Å². The molecule has 1 aliphatic rings. The molecule has 1 unspecified atom stereocenters. The zero-order chi connectivity index (χ0) is 20.0. The number of pyridine rings is 1. The number of benzene rings is 2. The molecule has 1 saturated carbocycles. The number of H-pyrrole nitrogens is 1. The molecule has 0 saturated heterocycles. The number of carboxylic acids is 1. The Labute approximate surface area is 167 Å². The zero-order valence-corrected chi connectivity index (χ0v) is 15.6. The lowest BCUT2D eigenvalue weighted by Gasteiger charge is -2.19. The molecule has 29 heavy (non-hydrogen) atoms. The molecule has 5 rings (SSSR count). The van der Waals surface area contributed by atoms with E-state index in [1.54, 1.807) is 18.2 Å². The van der Waals surface area contributed by atoms with E-state index in [9.17, 15) is 14.3 Å². The SMILES string of the molecule is O=C(O)c1cccc(C(c2cc(F)cc(C3CC3)c2)c2c[nH]c3ccccc23)n1. The van der Waals surface area contributed by atoms with Crippen molar-refractivity contribution in [3.63, 3.8) is 0 Å². The van der Waals surface area contributed by atoms with Gasteiger partial charge < -0.3 is 10.1 Å². The number of aromatic carboxylic acids is 1. The van der Waals surface area contributed by atoms with E-state index in [-0.39, 0.29) is 17.4 Å². The molecular formula is C24H19FN2O2. The lowest BCUT2D eigenvalue weighted by atomic mass is 9.86. The number of halogens is 1. The fourth-order valence-corrected chi connectivity index (χ4v) is 4.03. The lowest BCUT2D eigenvalue weighted by molar-refractivity contribution is 0.0690. The number of fused-ring (bicyclic) bond motifs is 1. The molecule has 1 fully saturated rings. The average Bonchev–Trinajstić information content (AvgIpc) is 3.49. The maximum atomic E-state index is 14.5. The quantitative estimate of drug-likeness (QED) is 0.479. The lowest BCUT2D eigenvalue weighted by Crippen LogP contribution is -2.10. The molecule has 4 aromatic rings. The molecular weight excluding hydrogens is 367 g/mol. The van der Waals surface area contributed by atoms with Crippen LogP contribution in [0.2, 0.25) is 0 Å². The molecule has 0 spiro atoms. The Bertz CT molecular complexity index is 1230. The van der Waals surface area contributed by atoms with E-state index in [2.05, 4.69) is 9.97 Å². The number of carbonyl (C=O) groups is 1. The Morgan fingerprint density at radius 3 is 2.72 bits per heavy atom. The number of nitrogens with one attached hydrogen (secondary N) is 1. The number of para-hydroxylation sites is 1. The van der Waals surface area contributed by atoms with Gasteiger partial charge in [-0.3, -0.25) is 0 Å². The number of hydrogen-bond donors (Lipinski definition) is 2. The van der Waals surface area contributed by atoms with Gasteiger partial charge in [-0.1, -0.05) is 30.3 Å². The van der Waals surface area contributed by atoms with Crippen molar-refractivity contribution in [2.45, 2.75) is 24.7 Å². The minimum atomic E-state index is -1.08. The highest BCUT2D eigenvalue weighted by atomic mass is 19.1. The minimum absolute atomic E-state index is 0.0221. The zero-order valence-electron chi connectivity index (χ0n) is 15.6. The van der Waals surface area contributed by atoms with Crippen molar-refractivity contribution in [2.24, 2.45) is 0 Å². The van der Waals surface area contributed by atoms with Crippen molar-refractivity contribution < 1.29 is 14.3 Å². The molecule has 4 nitrogen and oxygen atoms in total. The first-order valence-corrected chi connectivity index (χ1v) is 9.67. The summed E-state index contributed by atoms with van der Waals surface area (Å²) >= 11 is 0. The highest BCUT2D eigenvalue weighted by Gasteiger charge is 2.28. The largest absolute Gasteiger partial charge is 0.477 e. The standard InChI is InChI=1S/C24H19FN2O2/c25-17-11-15(14-8-9-14)10-16(12-17)23(21-6-3-7-22(27-21)24(28)29)19-13-26-20-5-2-1-4-18(19)20/h1-7,10-14,23,26H,8-9H2,(H,28,29).